The van der Waals surface area contributed by atoms with E-state index in [9.17, 15) is 0 Å². The van der Waals surface area contributed by atoms with Crippen LogP contribution in [0.15, 0.2) is 12.1 Å². The summed E-state index contributed by atoms with van der Waals surface area (Å²) in [7, 11) is 0. The summed E-state index contributed by atoms with van der Waals surface area (Å²) in [6.45, 7) is 5.83. The molecule has 0 unspecified atom stereocenters. The van der Waals surface area contributed by atoms with Crippen molar-refractivity contribution in [3.63, 3.8) is 0 Å². The Morgan fingerprint density at radius 2 is 2.00 bits per heavy atom. The van der Waals surface area contributed by atoms with Gasteiger partial charge < -0.3 is 5.43 Å². The van der Waals surface area contributed by atoms with Crippen molar-refractivity contribution < 1.29 is 0 Å². The van der Waals surface area contributed by atoms with Crippen molar-refractivity contribution in [2.24, 2.45) is 5.84 Å². The Morgan fingerprint density at radius 1 is 1.43 bits per heavy atom. The molecule has 0 amide bonds. The zero-order chi connectivity index (χ0) is 11.1. The van der Waals surface area contributed by atoms with E-state index in [-0.39, 0.29) is 0 Å². The highest BCUT2D eigenvalue weighted by Crippen LogP contribution is 2.24. The molecular formula is C10H14ClN3. The Bertz CT molecular complexity index is 341. The van der Waals surface area contributed by atoms with E-state index in [1.54, 1.807) is 12.1 Å². The van der Waals surface area contributed by atoms with Crippen LogP contribution in [0.25, 0.3) is 0 Å². The molecule has 0 aliphatic heterocycles. The van der Waals surface area contributed by atoms with E-state index >= 15 is 0 Å². The average Bonchev–Trinajstić information content (AvgIpc) is 2.23. The molecule has 0 saturated carbocycles. The second-order valence-electron chi connectivity index (χ2n) is 2.40. The molecule has 3 nitrogen and oxygen atoms in total. The molecule has 0 aliphatic rings. The predicted octanol–water partition coefficient (Wildman–Crippen LogP) is 2.83. The molecule has 1 aromatic carbocycles. The SMILES string of the molecule is CC.Cc1cc(NN)c(Cl)cc1C#N. The van der Waals surface area contributed by atoms with E-state index in [4.69, 9.17) is 22.7 Å². The number of aryl methyl sites for hydroxylation is 1. The van der Waals surface area contributed by atoms with Crippen LogP contribution in [0.3, 0.4) is 0 Å². The van der Waals surface area contributed by atoms with Crippen LogP contribution in [0.2, 0.25) is 5.02 Å². The molecule has 1 rings (SSSR count). The zero-order valence-electron chi connectivity index (χ0n) is 8.56. The van der Waals surface area contributed by atoms with Crippen LogP contribution >= 0.6 is 11.6 Å². The third-order valence-electron chi connectivity index (χ3n) is 1.59. The van der Waals surface area contributed by atoms with Gasteiger partial charge in [0.15, 0.2) is 0 Å². The van der Waals surface area contributed by atoms with Gasteiger partial charge in [0, 0.05) is 0 Å². The second kappa shape index (κ2) is 6.25. The average molecular weight is 212 g/mol. The van der Waals surface area contributed by atoms with Gasteiger partial charge in [0.2, 0.25) is 0 Å². The summed E-state index contributed by atoms with van der Waals surface area (Å²) in [5.74, 6) is 5.19. The van der Waals surface area contributed by atoms with Crippen LogP contribution in [0.5, 0.6) is 0 Å². The Labute approximate surface area is 89.5 Å². The van der Waals surface area contributed by atoms with Crippen molar-refractivity contribution >= 4 is 17.3 Å². The molecule has 0 bridgehead atoms. The van der Waals surface area contributed by atoms with Crippen molar-refractivity contribution in [3.05, 3.63) is 28.3 Å². The van der Waals surface area contributed by atoms with E-state index in [0.29, 0.717) is 16.3 Å². The highest BCUT2D eigenvalue weighted by Gasteiger charge is 2.03. The fourth-order valence-electron chi connectivity index (χ4n) is 0.913. The van der Waals surface area contributed by atoms with E-state index < -0.39 is 0 Å². The number of nitrogen functional groups attached to an aromatic ring is 1. The first-order chi connectivity index (χ1) is 6.69. The van der Waals surface area contributed by atoms with Crippen molar-refractivity contribution in [1.82, 2.24) is 0 Å². The van der Waals surface area contributed by atoms with Crippen molar-refractivity contribution in [2.45, 2.75) is 20.8 Å². The van der Waals surface area contributed by atoms with E-state index in [2.05, 4.69) is 5.43 Å². The second-order valence-corrected chi connectivity index (χ2v) is 2.81. The van der Waals surface area contributed by atoms with Crippen molar-refractivity contribution in [3.8, 4) is 6.07 Å². The third kappa shape index (κ3) is 2.91. The quantitative estimate of drug-likeness (QED) is 0.555. The van der Waals surface area contributed by atoms with Gasteiger partial charge in [0.25, 0.3) is 0 Å². The Kier molecular flexibility index (Phi) is 5.70. The smallest absolute Gasteiger partial charge is 0.0994 e. The summed E-state index contributed by atoms with van der Waals surface area (Å²) in [5.41, 5.74) is 4.50. The van der Waals surface area contributed by atoms with Crippen LogP contribution in [0, 0.1) is 18.3 Å². The summed E-state index contributed by atoms with van der Waals surface area (Å²) in [6.07, 6.45) is 0. The lowest BCUT2D eigenvalue weighted by molar-refractivity contribution is 1.32. The monoisotopic (exact) mass is 211 g/mol. The molecule has 0 aliphatic carbocycles. The molecule has 0 spiro atoms. The molecule has 0 radical (unpaired) electrons. The van der Waals surface area contributed by atoms with Gasteiger partial charge in [-0.2, -0.15) is 5.26 Å². The van der Waals surface area contributed by atoms with Crippen LogP contribution < -0.4 is 11.3 Å². The minimum absolute atomic E-state index is 0.458. The third-order valence-corrected chi connectivity index (χ3v) is 1.90. The first-order valence-electron chi connectivity index (χ1n) is 4.36. The van der Waals surface area contributed by atoms with Crippen LogP contribution in [0.4, 0.5) is 5.69 Å². The lowest BCUT2D eigenvalue weighted by atomic mass is 10.1. The highest BCUT2D eigenvalue weighted by atomic mass is 35.5. The number of rotatable bonds is 1. The lowest BCUT2D eigenvalue weighted by Crippen LogP contribution is -2.07. The summed E-state index contributed by atoms with van der Waals surface area (Å²) in [6, 6.07) is 5.36. The molecule has 0 atom stereocenters. The number of hydrazine groups is 1. The maximum Gasteiger partial charge on any atom is 0.0994 e. The molecule has 0 aromatic heterocycles. The lowest BCUT2D eigenvalue weighted by Gasteiger charge is -2.05. The maximum atomic E-state index is 8.65. The number of hydrogen-bond acceptors (Lipinski definition) is 3. The number of nitriles is 1. The van der Waals surface area contributed by atoms with Gasteiger partial charge in [0.1, 0.15) is 0 Å². The zero-order valence-corrected chi connectivity index (χ0v) is 9.31. The minimum Gasteiger partial charge on any atom is -0.323 e. The molecule has 0 saturated heterocycles. The highest BCUT2D eigenvalue weighted by molar-refractivity contribution is 6.33. The molecule has 4 heteroatoms. The summed E-state index contributed by atoms with van der Waals surface area (Å²) >= 11 is 5.79. The number of hydrogen-bond donors (Lipinski definition) is 2. The van der Waals surface area contributed by atoms with E-state index in [1.807, 2.05) is 26.8 Å². The van der Waals surface area contributed by atoms with Gasteiger partial charge in [0.05, 0.1) is 22.3 Å². The standard InChI is InChI=1S/C8H8ClN3.C2H6/c1-5-2-8(12-11)7(9)3-6(5)4-10;1-2/h2-3,12H,11H2,1H3;1-2H3. The Hall–Kier alpha value is -1.24. The molecule has 1 aromatic rings. The van der Waals surface area contributed by atoms with Gasteiger partial charge in [-0.15, -0.1) is 0 Å². The van der Waals surface area contributed by atoms with Gasteiger partial charge in [-0.05, 0) is 24.6 Å². The number of nitrogens with zero attached hydrogens (tertiary/aromatic N) is 1. The molecule has 76 valence electrons. The van der Waals surface area contributed by atoms with Crippen molar-refractivity contribution in [2.75, 3.05) is 5.43 Å². The van der Waals surface area contributed by atoms with Gasteiger partial charge in [-0.1, -0.05) is 25.4 Å². The van der Waals surface area contributed by atoms with Gasteiger partial charge >= 0.3 is 0 Å². The first kappa shape index (κ1) is 12.8. The first-order valence-corrected chi connectivity index (χ1v) is 4.73. The summed E-state index contributed by atoms with van der Waals surface area (Å²) < 4.78 is 0. The number of anilines is 1. The topological polar surface area (TPSA) is 61.8 Å². The number of halogens is 1. The predicted molar refractivity (Wildman–Crippen MR) is 60.1 cm³/mol. The van der Waals surface area contributed by atoms with E-state index in [0.717, 1.165) is 5.56 Å². The number of nitrogens with one attached hydrogen (secondary N) is 1. The molecule has 3 N–H and O–H groups in total. The fraction of sp³-hybridized carbons (Fsp3) is 0.300. The maximum absolute atomic E-state index is 8.65. The molecule has 14 heavy (non-hydrogen) atoms. The Balaban J connectivity index is 0.000000791. The van der Waals surface area contributed by atoms with Crippen LogP contribution in [0.1, 0.15) is 25.0 Å². The Morgan fingerprint density at radius 3 is 2.43 bits per heavy atom. The molecule has 0 fully saturated rings. The van der Waals surface area contributed by atoms with Crippen LogP contribution in [-0.4, -0.2) is 0 Å². The van der Waals surface area contributed by atoms with Gasteiger partial charge in [-0.25, -0.2) is 0 Å². The fourth-order valence-corrected chi connectivity index (χ4v) is 1.13. The van der Waals surface area contributed by atoms with Gasteiger partial charge in [-0.3, -0.25) is 5.84 Å². The minimum atomic E-state index is 0.458. The summed E-state index contributed by atoms with van der Waals surface area (Å²) in [4.78, 5) is 0. The normalized spacial score (nSPS) is 8.29. The number of benzene rings is 1. The largest absolute Gasteiger partial charge is 0.323 e. The molecule has 0 heterocycles. The molecular weight excluding hydrogens is 198 g/mol. The van der Waals surface area contributed by atoms with E-state index in [1.165, 1.54) is 0 Å². The number of nitrogens with two attached hydrogens (primary N) is 1. The van der Waals surface area contributed by atoms with Crippen LogP contribution in [-0.2, 0) is 0 Å². The van der Waals surface area contributed by atoms with Crippen molar-refractivity contribution in [1.29, 1.82) is 5.26 Å². The summed E-state index contributed by atoms with van der Waals surface area (Å²) in [5, 5.41) is 9.10.